The van der Waals surface area contributed by atoms with Gasteiger partial charge in [0.2, 0.25) is 5.91 Å². The van der Waals surface area contributed by atoms with Gasteiger partial charge in [-0.05, 0) is 51.8 Å². The van der Waals surface area contributed by atoms with Gasteiger partial charge in [0.15, 0.2) is 17.5 Å². The van der Waals surface area contributed by atoms with Gasteiger partial charge in [0.1, 0.15) is 6.10 Å². The smallest absolute Gasteiger partial charge is 0.239 e. The summed E-state index contributed by atoms with van der Waals surface area (Å²) in [5.41, 5.74) is 0. The van der Waals surface area contributed by atoms with Gasteiger partial charge in [-0.25, -0.2) is 9.38 Å². The van der Waals surface area contributed by atoms with Crippen LogP contribution in [0.15, 0.2) is 29.3 Å². The fraction of sp³-hybridized carbons (Fsp3) is 0.636. The number of para-hydroxylation sites is 1. The van der Waals surface area contributed by atoms with Crippen LogP contribution in [0.5, 0.6) is 5.75 Å². The molecule has 168 valence electrons. The number of halogens is 1. The van der Waals surface area contributed by atoms with Crippen LogP contribution in [0.25, 0.3) is 0 Å². The van der Waals surface area contributed by atoms with Crippen molar-refractivity contribution in [1.29, 1.82) is 0 Å². The van der Waals surface area contributed by atoms with Gasteiger partial charge in [-0.2, -0.15) is 0 Å². The molecule has 8 heteroatoms. The number of carbonyl (C=O) groups is 1. The van der Waals surface area contributed by atoms with E-state index in [0.29, 0.717) is 12.5 Å². The van der Waals surface area contributed by atoms with E-state index in [1.807, 2.05) is 27.9 Å². The first-order valence-corrected chi connectivity index (χ1v) is 10.8. The maximum absolute atomic E-state index is 13.7. The molecule has 7 nitrogen and oxygen atoms in total. The van der Waals surface area contributed by atoms with E-state index < -0.39 is 0 Å². The first-order valence-electron chi connectivity index (χ1n) is 10.8. The van der Waals surface area contributed by atoms with E-state index in [1.54, 1.807) is 23.1 Å². The zero-order valence-corrected chi connectivity index (χ0v) is 18.7. The van der Waals surface area contributed by atoms with Gasteiger partial charge in [-0.1, -0.05) is 12.1 Å². The van der Waals surface area contributed by atoms with Crippen LogP contribution < -0.4 is 15.4 Å². The van der Waals surface area contributed by atoms with Crippen LogP contribution in [0, 0.1) is 5.82 Å². The second-order valence-corrected chi connectivity index (χ2v) is 7.79. The first kappa shape index (κ1) is 23.9. The molecular formula is C22H36FN5O2. The molecule has 0 aromatic heterocycles. The lowest BCUT2D eigenvalue weighted by atomic mass is 10.2. The molecule has 0 aliphatic carbocycles. The van der Waals surface area contributed by atoms with Gasteiger partial charge < -0.3 is 20.3 Å². The number of amides is 1. The molecule has 0 radical (unpaired) electrons. The van der Waals surface area contributed by atoms with Crippen LogP contribution in [-0.2, 0) is 4.79 Å². The summed E-state index contributed by atoms with van der Waals surface area (Å²) in [4.78, 5) is 20.8. The third-order valence-electron chi connectivity index (χ3n) is 5.02. The summed E-state index contributed by atoms with van der Waals surface area (Å²) in [6.07, 6.45) is 2.68. The number of likely N-dealkylation sites (N-methyl/N-ethyl adjacent to an activating group) is 1. The molecule has 2 atom stereocenters. The second-order valence-electron chi connectivity index (χ2n) is 7.79. The molecule has 1 aliphatic heterocycles. The van der Waals surface area contributed by atoms with Crippen molar-refractivity contribution in [2.45, 2.75) is 45.3 Å². The van der Waals surface area contributed by atoms with Crippen LogP contribution in [0.3, 0.4) is 0 Å². The number of hydrogen-bond acceptors (Lipinski definition) is 4. The van der Waals surface area contributed by atoms with E-state index in [4.69, 9.17) is 4.74 Å². The number of nitrogens with one attached hydrogen (secondary N) is 2. The average molecular weight is 422 g/mol. The van der Waals surface area contributed by atoms with E-state index in [0.717, 1.165) is 45.4 Å². The van der Waals surface area contributed by atoms with Crippen LogP contribution in [-0.4, -0.2) is 80.6 Å². The quantitative estimate of drug-likeness (QED) is 0.344. The fourth-order valence-corrected chi connectivity index (χ4v) is 3.52. The Balaban J connectivity index is 1.76. The predicted molar refractivity (Wildman–Crippen MR) is 118 cm³/mol. The van der Waals surface area contributed by atoms with Crippen molar-refractivity contribution in [2.75, 3.05) is 46.8 Å². The number of benzene rings is 1. The lowest BCUT2D eigenvalue weighted by Gasteiger charge is -2.26. The molecule has 0 spiro atoms. The number of nitrogens with zero attached hydrogens (tertiary/aromatic N) is 3. The van der Waals surface area contributed by atoms with E-state index in [1.165, 1.54) is 6.07 Å². The SMILES string of the molecule is CCNC(=NCC(C)Oc1ccccc1F)NCCCN1CCCC1C(=O)N(C)C. The molecule has 1 heterocycles. The summed E-state index contributed by atoms with van der Waals surface area (Å²) < 4.78 is 19.4. The second kappa shape index (κ2) is 12.4. The Hall–Kier alpha value is -2.35. The summed E-state index contributed by atoms with van der Waals surface area (Å²) >= 11 is 0. The Morgan fingerprint density at radius 3 is 2.83 bits per heavy atom. The number of ether oxygens (including phenoxy) is 1. The Morgan fingerprint density at radius 2 is 2.13 bits per heavy atom. The Bertz CT molecular complexity index is 698. The Kier molecular flexibility index (Phi) is 9.86. The molecule has 1 aromatic carbocycles. The minimum atomic E-state index is -0.369. The van der Waals surface area contributed by atoms with E-state index in [2.05, 4.69) is 20.5 Å². The summed E-state index contributed by atoms with van der Waals surface area (Å²) in [6.45, 7) is 7.66. The molecule has 1 aliphatic rings. The van der Waals surface area contributed by atoms with Gasteiger partial charge in [0.05, 0.1) is 12.6 Å². The minimum absolute atomic E-state index is 0.0123. The summed E-state index contributed by atoms with van der Waals surface area (Å²) in [5.74, 6) is 0.778. The lowest BCUT2D eigenvalue weighted by Crippen LogP contribution is -2.44. The highest BCUT2D eigenvalue weighted by Crippen LogP contribution is 2.19. The van der Waals surface area contributed by atoms with E-state index >= 15 is 0 Å². The van der Waals surface area contributed by atoms with Gasteiger partial charge >= 0.3 is 0 Å². The number of carbonyl (C=O) groups excluding carboxylic acids is 1. The predicted octanol–water partition coefficient (Wildman–Crippen LogP) is 2.09. The third kappa shape index (κ3) is 7.48. The molecule has 0 bridgehead atoms. The summed E-state index contributed by atoms with van der Waals surface area (Å²) in [7, 11) is 3.63. The van der Waals surface area contributed by atoms with Crippen molar-refractivity contribution in [1.82, 2.24) is 20.4 Å². The zero-order chi connectivity index (χ0) is 21.9. The molecule has 1 saturated heterocycles. The number of hydrogen-bond donors (Lipinski definition) is 2. The molecule has 1 fully saturated rings. The Morgan fingerprint density at radius 1 is 1.37 bits per heavy atom. The number of aliphatic imine (C=N–C) groups is 1. The van der Waals surface area contributed by atoms with Crippen molar-refractivity contribution in [3.05, 3.63) is 30.1 Å². The molecule has 2 N–H and O–H groups in total. The van der Waals surface area contributed by atoms with Crippen LogP contribution in [0.1, 0.15) is 33.1 Å². The average Bonchev–Trinajstić information content (AvgIpc) is 3.18. The van der Waals surface area contributed by atoms with E-state index in [9.17, 15) is 9.18 Å². The van der Waals surface area contributed by atoms with Crippen molar-refractivity contribution in [2.24, 2.45) is 4.99 Å². The van der Waals surface area contributed by atoms with E-state index in [-0.39, 0.29) is 29.6 Å². The largest absolute Gasteiger partial charge is 0.486 e. The summed E-state index contributed by atoms with van der Waals surface area (Å²) in [5, 5.41) is 6.55. The van der Waals surface area contributed by atoms with Crippen molar-refractivity contribution in [3.63, 3.8) is 0 Å². The molecule has 1 aromatic rings. The van der Waals surface area contributed by atoms with Crippen molar-refractivity contribution in [3.8, 4) is 5.75 Å². The van der Waals surface area contributed by atoms with Gasteiger partial charge in [-0.3, -0.25) is 9.69 Å². The fourth-order valence-electron chi connectivity index (χ4n) is 3.52. The highest BCUT2D eigenvalue weighted by atomic mass is 19.1. The van der Waals surface area contributed by atoms with Crippen LogP contribution >= 0.6 is 0 Å². The summed E-state index contributed by atoms with van der Waals surface area (Å²) in [6, 6.07) is 6.40. The molecule has 1 amide bonds. The molecule has 2 unspecified atom stereocenters. The molecule has 0 saturated carbocycles. The standard InChI is InChI=1S/C22H36FN5O2/c1-5-24-22(26-16-17(2)30-20-12-7-6-10-18(20)23)25-13-9-15-28-14-8-11-19(28)21(29)27(3)4/h6-7,10,12,17,19H,5,8-9,11,13-16H2,1-4H3,(H2,24,25,26). The highest BCUT2D eigenvalue weighted by Gasteiger charge is 2.30. The van der Waals surface area contributed by atoms with Crippen LogP contribution in [0.4, 0.5) is 4.39 Å². The van der Waals surface area contributed by atoms with Crippen molar-refractivity contribution < 1.29 is 13.9 Å². The zero-order valence-electron chi connectivity index (χ0n) is 18.7. The topological polar surface area (TPSA) is 69.2 Å². The van der Waals surface area contributed by atoms with Crippen LogP contribution in [0.2, 0.25) is 0 Å². The molecule has 2 rings (SSSR count). The molecule has 30 heavy (non-hydrogen) atoms. The maximum atomic E-state index is 13.7. The first-order chi connectivity index (χ1) is 14.4. The Labute approximate surface area is 179 Å². The normalized spacial score (nSPS) is 18.2. The van der Waals surface area contributed by atoms with Crippen molar-refractivity contribution >= 4 is 11.9 Å². The number of likely N-dealkylation sites (tertiary alicyclic amines) is 1. The molecular weight excluding hydrogens is 385 g/mol. The van der Waals surface area contributed by atoms with Gasteiger partial charge in [0.25, 0.3) is 0 Å². The van der Waals surface area contributed by atoms with Gasteiger partial charge in [-0.15, -0.1) is 0 Å². The van der Waals surface area contributed by atoms with Gasteiger partial charge in [0, 0.05) is 33.7 Å². The third-order valence-corrected chi connectivity index (χ3v) is 5.02. The monoisotopic (exact) mass is 421 g/mol. The lowest BCUT2D eigenvalue weighted by molar-refractivity contribution is -0.133. The number of rotatable bonds is 10. The number of guanidine groups is 1. The minimum Gasteiger partial charge on any atom is -0.486 e. The highest BCUT2D eigenvalue weighted by molar-refractivity contribution is 5.81. The maximum Gasteiger partial charge on any atom is 0.239 e.